The second-order valence-electron chi connectivity index (χ2n) is 4.00. The average Bonchev–Trinajstić information content (AvgIpc) is 2.89. The highest BCUT2D eigenvalue weighted by atomic mass is 16.7. The van der Waals surface area contributed by atoms with Crippen molar-refractivity contribution in [2.45, 2.75) is 19.1 Å². The summed E-state index contributed by atoms with van der Waals surface area (Å²) in [6, 6.07) is 10.2. The van der Waals surface area contributed by atoms with Crippen molar-refractivity contribution in [3.63, 3.8) is 0 Å². The summed E-state index contributed by atoms with van der Waals surface area (Å²) in [5.74, 6) is 0. The molecule has 1 aromatic heterocycles. The summed E-state index contributed by atoms with van der Waals surface area (Å²) in [5.41, 5.74) is 2.33. The smallest absolute Gasteiger partial charge is 0.240 e. The predicted octanol–water partition coefficient (Wildman–Crippen LogP) is 3.01. The molecule has 0 fully saturated rings. The first-order valence-corrected chi connectivity index (χ1v) is 5.72. The van der Waals surface area contributed by atoms with Gasteiger partial charge in [0.2, 0.25) is 6.29 Å². The molecule has 3 rings (SSSR count). The van der Waals surface area contributed by atoms with E-state index in [1.54, 1.807) is 12.5 Å². The number of fused-ring (bicyclic) bond motifs is 1. The van der Waals surface area contributed by atoms with Crippen LogP contribution in [0.5, 0.6) is 0 Å². The number of hydrogen-bond donors (Lipinski definition) is 0. The van der Waals surface area contributed by atoms with Gasteiger partial charge in [-0.25, -0.2) is 0 Å². The Labute approximate surface area is 99.7 Å². The van der Waals surface area contributed by atoms with Crippen molar-refractivity contribution in [2.75, 3.05) is 0 Å². The number of benzene rings is 1. The molecule has 0 atom stereocenters. The van der Waals surface area contributed by atoms with E-state index in [2.05, 4.69) is 17.1 Å². The summed E-state index contributed by atoms with van der Waals surface area (Å²) in [6.07, 6.45) is 6.68. The molecule has 1 aliphatic rings. The van der Waals surface area contributed by atoms with Crippen LogP contribution in [-0.4, -0.2) is 11.3 Å². The molecule has 1 aliphatic heterocycles. The van der Waals surface area contributed by atoms with Gasteiger partial charge in [-0.15, -0.1) is 0 Å². The number of rotatable bonds is 3. The monoisotopic (exact) mass is 227 g/mol. The van der Waals surface area contributed by atoms with E-state index in [1.165, 1.54) is 10.9 Å². The van der Waals surface area contributed by atoms with Crippen molar-refractivity contribution >= 4 is 10.9 Å². The molecule has 17 heavy (non-hydrogen) atoms. The van der Waals surface area contributed by atoms with Crippen LogP contribution in [0.1, 0.15) is 12.0 Å². The second kappa shape index (κ2) is 4.45. The Morgan fingerprint density at radius 3 is 2.76 bits per heavy atom. The maximum atomic E-state index is 5.27. The summed E-state index contributed by atoms with van der Waals surface area (Å²) >= 11 is 0. The van der Waals surface area contributed by atoms with Crippen molar-refractivity contribution in [3.05, 3.63) is 54.6 Å². The summed E-state index contributed by atoms with van der Waals surface area (Å²) in [6.45, 7) is 0. The molecule has 0 aliphatic carbocycles. The van der Waals surface area contributed by atoms with Gasteiger partial charge in [-0.1, -0.05) is 18.2 Å². The molecule has 3 nitrogen and oxygen atoms in total. The van der Waals surface area contributed by atoms with Gasteiger partial charge in [0.1, 0.15) is 12.5 Å². The standard InChI is InChI=1S/C14H13NO2/c1-2-4-13-12(3-1)11(7-8-15-13)5-6-14-16-9-10-17-14/h1-4,7-10,14H,5-6H2. The third-order valence-corrected chi connectivity index (χ3v) is 2.90. The fraction of sp³-hybridized carbons (Fsp3) is 0.214. The van der Waals surface area contributed by atoms with Gasteiger partial charge in [-0.3, -0.25) is 4.98 Å². The normalized spacial score (nSPS) is 14.8. The van der Waals surface area contributed by atoms with E-state index in [1.807, 2.05) is 24.4 Å². The molecule has 0 N–H and O–H groups in total. The maximum Gasteiger partial charge on any atom is 0.240 e. The lowest BCUT2D eigenvalue weighted by Crippen LogP contribution is -2.08. The largest absolute Gasteiger partial charge is 0.459 e. The van der Waals surface area contributed by atoms with E-state index in [4.69, 9.17) is 9.47 Å². The molecule has 1 aromatic carbocycles. The fourth-order valence-electron chi connectivity index (χ4n) is 2.05. The van der Waals surface area contributed by atoms with Crippen molar-refractivity contribution in [2.24, 2.45) is 0 Å². The van der Waals surface area contributed by atoms with Crippen LogP contribution < -0.4 is 0 Å². The Bertz CT molecular complexity index is 537. The minimum absolute atomic E-state index is 0.137. The van der Waals surface area contributed by atoms with Crippen LogP contribution in [0.25, 0.3) is 10.9 Å². The first-order valence-electron chi connectivity index (χ1n) is 5.72. The van der Waals surface area contributed by atoms with Gasteiger partial charge in [-0.2, -0.15) is 0 Å². The van der Waals surface area contributed by atoms with Crippen molar-refractivity contribution in [3.8, 4) is 0 Å². The van der Waals surface area contributed by atoms with Crippen LogP contribution in [0.4, 0.5) is 0 Å². The Kier molecular flexibility index (Phi) is 2.66. The molecule has 0 radical (unpaired) electrons. The van der Waals surface area contributed by atoms with Gasteiger partial charge < -0.3 is 9.47 Å². The molecule has 0 unspecified atom stereocenters. The van der Waals surface area contributed by atoms with Gasteiger partial charge in [0.05, 0.1) is 5.52 Å². The molecule has 0 saturated heterocycles. The predicted molar refractivity (Wildman–Crippen MR) is 65.2 cm³/mol. The average molecular weight is 227 g/mol. The molecule has 86 valence electrons. The molecular weight excluding hydrogens is 214 g/mol. The number of nitrogens with zero attached hydrogens (tertiary/aromatic N) is 1. The highest BCUT2D eigenvalue weighted by Gasteiger charge is 2.12. The van der Waals surface area contributed by atoms with Crippen LogP contribution in [-0.2, 0) is 15.9 Å². The Hall–Kier alpha value is -2.03. The lowest BCUT2D eigenvalue weighted by Gasteiger charge is -2.11. The zero-order chi connectivity index (χ0) is 11.5. The fourth-order valence-corrected chi connectivity index (χ4v) is 2.05. The third-order valence-electron chi connectivity index (χ3n) is 2.90. The number of aromatic nitrogens is 1. The Morgan fingerprint density at radius 2 is 1.88 bits per heavy atom. The van der Waals surface area contributed by atoms with E-state index in [-0.39, 0.29) is 6.29 Å². The van der Waals surface area contributed by atoms with Crippen molar-refractivity contribution < 1.29 is 9.47 Å². The summed E-state index contributed by atoms with van der Waals surface area (Å²) in [7, 11) is 0. The molecule has 0 amide bonds. The van der Waals surface area contributed by atoms with Gasteiger partial charge in [0.25, 0.3) is 0 Å². The number of ether oxygens (including phenoxy) is 2. The number of hydrogen-bond acceptors (Lipinski definition) is 3. The lowest BCUT2D eigenvalue weighted by molar-refractivity contribution is -0.0274. The molecule has 3 heteroatoms. The zero-order valence-corrected chi connectivity index (χ0v) is 9.37. The van der Waals surface area contributed by atoms with Gasteiger partial charge in [-0.05, 0) is 24.1 Å². The zero-order valence-electron chi connectivity index (χ0n) is 9.37. The minimum atomic E-state index is -0.137. The molecule has 0 bridgehead atoms. The summed E-state index contributed by atoms with van der Waals surface area (Å²) < 4.78 is 10.5. The van der Waals surface area contributed by atoms with E-state index >= 15 is 0 Å². The quantitative estimate of drug-likeness (QED) is 0.807. The van der Waals surface area contributed by atoms with E-state index in [9.17, 15) is 0 Å². The first kappa shape index (κ1) is 10.1. The van der Waals surface area contributed by atoms with Crippen molar-refractivity contribution in [1.82, 2.24) is 4.98 Å². The summed E-state index contributed by atoms with van der Waals surface area (Å²) in [5, 5.41) is 1.21. The molecule has 0 spiro atoms. The van der Waals surface area contributed by atoms with Crippen LogP contribution in [0, 0.1) is 0 Å². The summed E-state index contributed by atoms with van der Waals surface area (Å²) in [4.78, 5) is 4.35. The molecule has 2 heterocycles. The topological polar surface area (TPSA) is 31.4 Å². The van der Waals surface area contributed by atoms with Gasteiger partial charge in [0.15, 0.2) is 0 Å². The second-order valence-corrected chi connectivity index (χ2v) is 4.00. The van der Waals surface area contributed by atoms with Crippen LogP contribution in [0.3, 0.4) is 0 Å². The molecule has 0 saturated carbocycles. The maximum absolute atomic E-state index is 5.27. The number of aryl methyl sites for hydroxylation is 1. The molecule has 2 aromatic rings. The SMILES string of the molecule is C1=COC(CCc2ccnc3ccccc23)O1. The first-order chi connectivity index (χ1) is 8.43. The number of para-hydroxylation sites is 1. The number of pyridine rings is 1. The highest BCUT2D eigenvalue weighted by Crippen LogP contribution is 2.20. The van der Waals surface area contributed by atoms with E-state index in [0.29, 0.717) is 0 Å². The third kappa shape index (κ3) is 2.09. The van der Waals surface area contributed by atoms with Crippen LogP contribution >= 0.6 is 0 Å². The lowest BCUT2D eigenvalue weighted by atomic mass is 10.0. The van der Waals surface area contributed by atoms with Crippen LogP contribution in [0.2, 0.25) is 0 Å². The molecular formula is C14H13NO2. The van der Waals surface area contributed by atoms with Crippen molar-refractivity contribution in [1.29, 1.82) is 0 Å². The Balaban J connectivity index is 1.80. The minimum Gasteiger partial charge on any atom is -0.459 e. The highest BCUT2D eigenvalue weighted by molar-refractivity contribution is 5.81. The Morgan fingerprint density at radius 1 is 1.06 bits per heavy atom. The van der Waals surface area contributed by atoms with E-state index < -0.39 is 0 Å². The van der Waals surface area contributed by atoms with Gasteiger partial charge >= 0.3 is 0 Å². The van der Waals surface area contributed by atoms with Gasteiger partial charge in [0, 0.05) is 18.0 Å². The van der Waals surface area contributed by atoms with E-state index in [0.717, 1.165) is 18.4 Å². The van der Waals surface area contributed by atoms with Crippen LogP contribution in [0.15, 0.2) is 49.1 Å².